The van der Waals surface area contributed by atoms with Crippen LogP contribution in [0.3, 0.4) is 0 Å². The van der Waals surface area contributed by atoms with Crippen LogP contribution in [0.25, 0.3) is 0 Å². The maximum absolute atomic E-state index is 2.58. The number of halogens is 1. The highest BCUT2D eigenvalue weighted by molar-refractivity contribution is 14.1. The minimum Gasteiger partial charge on any atom is -0.0782 e. The Hall–Kier alpha value is 0.730. The highest BCUT2D eigenvalue weighted by Gasteiger charge is 2.78. The zero-order valence-corrected chi connectivity index (χ0v) is 5.95. The molecular weight excluding hydrogens is 187 g/mol. The van der Waals surface area contributed by atoms with Gasteiger partial charge < -0.3 is 0 Å². The summed E-state index contributed by atoms with van der Waals surface area (Å²) < 4.78 is 0.824. The standard InChI is InChI=1S/C5H7I/c1-4-2-5(4,6)3-4/h2-3H2,1H3. The Morgan fingerprint density at radius 3 is 1.67 bits per heavy atom. The number of hydrogen-bond donors (Lipinski definition) is 0. The van der Waals surface area contributed by atoms with Crippen LogP contribution >= 0.6 is 22.6 Å². The Kier molecular flexibility index (Phi) is 0.364. The molecule has 0 N–H and O–H groups in total. The molecule has 0 atom stereocenters. The molecular formula is C5H7I. The molecule has 0 unspecified atom stereocenters. The van der Waals surface area contributed by atoms with Gasteiger partial charge in [-0.2, -0.15) is 0 Å². The first-order valence-corrected chi connectivity index (χ1v) is 3.43. The lowest BCUT2D eigenvalue weighted by atomic mass is 10.3. The molecule has 0 saturated heterocycles. The van der Waals surface area contributed by atoms with Crippen LogP contribution in [-0.4, -0.2) is 3.42 Å². The molecule has 2 rings (SSSR count). The molecule has 6 heavy (non-hydrogen) atoms. The van der Waals surface area contributed by atoms with Crippen molar-refractivity contribution in [1.29, 1.82) is 0 Å². The minimum atomic E-state index is 0.824. The van der Waals surface area contributed by atoms with Gasteiger partial charge in [-0.1, -0.05) is 29.5 Å². The Morgan fingerprint density at radius 2 is 1.67 bits per heavy atom. The number of rotatable bonds is 0. The number of hydrogen-bond acceptors (Lipinski definition) is 0. The van der Waals surface area contributed by atoms with Crippen LogP contribution in [0.5, 0.6) is 0 Å². The quantitative estimate of drug-likeness (QED) is 0.408. The highest BCUT2D eigenvalue weighted by atomic mass is 127. The second-order valence-corrected chi connectivity index (χ2v) is 4.94. The van der Waals surface area contributed by atoms with Crippen molar-refractivity contribution in [2.45, 2.75) is 23.2 Å². The molecule has 34 valence electrons. The van der Waals surface area contributed by atoms with Crippen molar-refractivity contribution in [2.24, 2.45) is 5.41 Å². The first-order valence-electron chi connectivity index (χ1n) is 2.35. The minimum absolute atomic E-state index is 0.824. The summed E-state index contributed by atoms with van der Waals surface area (Å²) in [6, 6.07) is 0. The van der Waals surface area contributed by atoms with Crippen molar-refractivity contribution < 1.29 is 0 Å². The topological polar surface area (TPSA) is 0 Å². The molecule has 0 nitrogen and oxygen atoms in total. The third-order valence-corrected chi connectivity index (χ3v) is 4.24. The third-order valence-electron chi connectivity index (χ3n) is 2.17. The van der Waals surface area contributed by atoms with Gasteiger partial charge in [0, 0.05) is 3.42 Å². The summed E-state index contributed by atoms with van der Waals surface area (Å²) >= 11 is 2.58. The summed E-state index contributed by atoms with van der Waals surface area (Å²) in [5.74, 6) is 0. The van der Waals surface area contributed by atoms with Crippen LogP contribution < -0.4 is 0 Å². The first-order chi connectivity index (χ1) is 2.66. The largest absolute Gasteiger partial charge is 0.0782 e. The number of fused-ring (bicyclic) bond motifs is 1. The van der Waals surface area contributed by atoms with Gasteiger partial charge in [-0.25, -0.2) is 0 Å². The van der Waals surface area contributed by atoms with E-state index in [1.54, 1.807) is 0 Å². The van der Waals surface area contributed by atoms with Gasteiger partial charge in [0.1, 0.15) is 0 Å². The lowest BCUT2D eigenvalue weighted by Gasteiger charge is -1.81. The fraction of sp³-hybridized carbons (Fsp3) is 1.00. The molecule has 0 radical (unpaired) electrons. The van der Waals surface area contributed by atoms with Crippen LogP contribution in [-0.2, 0) is 0 Å². The van der Waals surface area contributed by atoms with Crippen molar-refractivity contribution in [3.8, 4) is 0 Å². The summed E-state index contributed by atoms with van der Waals surface area (Å²) in [7, 11) is 0. The van der Waals surface area contributed by atoms with Crippen LogP contribution in [0.1, 0.15) is 19.8 Å². The van der Waals surface area contributed by atoms with E-state index in [9.17, 15) is 0 Å². The molecule has 2 aliphatic rings. The summed E-state index contributed by atoms with van der Waals surface area (Å²) in [6.07, 6.45) is 3.00. The molecule has 0 aliphatic heterocycles. The van der Waals surface area contributed by atoms with Crippen molar-refractivity contribution in [3.63, 3.8) is 0 Å². The zero-order chi connectivity index (χ0) is 4.41. The van der Waals surface area contributed by atoms with Gasteiger partial charge >= 0.3 is 0 Å². The molecule has 0 spiro atoms. The van der Waals surface area contributed by atoms with Crippen molar-refractivity contribution in [1.82, 2.24) is 0 Å². The number of alkyl halides is 1. The second kappa shape index (κ2) is 0.591. The molecule has 0 aromatic rings. The molecule has 1 heteroatoms. The van der Waals surface area contributed by atoms with E-state index < -0.39 is 0 Å². The summed E-state index contributed by atoms with van der Waals surface area (Å²) in [6.45, 7) is 2.37. The fourth-order valence-electron chi connectivity index (χ4n) is 1.10. The Balaban J connectivity index is 2.34. The van der Waals surface area contributed by atoms with E-state index in [1.807, 2.05) is 0 Å². The lowest BCUT2D eigenvalue weighted by Crippen LogP contribution is -1.72. The average molecular weight is 194 g/mol. The summed E-state index contributed by atoms with van der Waals surface area (Å²) in [5, 5.41) is 0. The Labute approximate surface area is 51.4 Å². The maximum Gasteiger partial charge on any atom is 0.0288 e. The SMILES string of the molecule is CC12CC1(I)C2. The van der Waals surface area contributed by atoms with Gasteiger partial charge in [-0.05, 0) is 18.3 Å². The lowest BCUT2D eigenvalue weighted by molar-refractivity contribution is 0.727. The van der Waals surface area contributed by atoms with Gasteiger partial charge in [0.25, 0.3) is 0 Å². The summed E-state index contributed by atoms with van der Waals surface area (Å²) in [4.78, 5) is 0. The van der Waals surface area contributed by atoms with E-state index in [-0.39, 0.29) is 0 Å². The molecule has 2 saturated carbocycles. The first kappa shape index (κ1) is 3.70. The zero-order valence-electron chi connectivity index (χ0n) is 3.79. The molecule has 2 aliphatic carbocycles. The van der Waals surface area contributed by atoms with Gasteiger partial charge in [0.2, 0.25) is 0 Å². The van der Waals surface area contributed by atoms with Crippen LogP contribution in [0.4, 0.5) is 0 Å². The predicted molar refractivity (Wildman–Crippen MR) is 34.1 cm³/mol. The second-order valence-electron chi connectivity index (χ2n) is 2.88. The predicted octanol–water partition coefficient (Wildman–Crippen LogP) is 1.97. The van der Waals surface area contributed by atoms with Crippen LogP contribution in [0.15, 0.2) is 0 Å². The van der Waals surface area contributed by atoms with E-state index in [4.69, 9.17) is 0 Å². The van der Waals surface area contributed by atoms with Gasteiger partial charge in [-0.3, -0.25) is 0 Å². The molecule has 0 aromatic carbocycles. The highest BCUT2D eigenvalue weighted by Crippen LogP contribution is 2.83. The van der Waals surface area contributed by atoms with Crippen molar-refractivity contribution in [3.05, 3.63) is 0 Å². The van der Waals surface area contributed by atoms with Crippen LogP contribution in [0, 0.1) is 5.41 Å². The molecule has 0 amide bonds. The van der Waals surface area contributed by atoms with Gasteiger partial charge in [-0.15, -0.1) is 0 Å². The normalized spacial score (nSPS) is 73.0. The van der Waals surface area contributed by atoms with E-state index in [2.05, 4.69) is 29.5 Å². The Bertz CT molecular complexity index is 88.5. The Morgan fingerprint density at radius 1 is 1.50 bits per heavy atom. The maximum atomic E-state index is 2.58. The van der Waals surface area contributed by atoms with E-state index in [0.29, 0.717) is 0 Å². The van der Waals surface area contributed by atoms with Crippen molar-refractivity contribution in [2.75, 3.05) is 0 Å². The summed E-state index contributed by atoms with van der Waals surface area (Å²) in [5.41, 5.74) is 0.841. The van der Waals surface area contributed by atoms with E-state index in [1.165, 1.54) is 12.8 Å². The monoisotopic (exact) mass is 194 g/mol. The van der Waals surface area contributed by atoms with Gasteiger partial charge in [0.05, 0.1) is 0 Å². The fourth-order valence-corrected chi connectivity index (χ4v) is 2.78. The molecule has 2 fully saturated rings. The van der Waals surface area contributed by atoms with E-state index in [0.717, 1.165) is 8.84 Å². The van der Waals surface area contributed by atoms with Gasteiger partial charge in [0.15, 0.2) is 0 Å². The molecule has 0 aromatic heterocycles. The average Bonchev–Trinajstić information content (AvgIpc) is 1.78. The molecule has 0 heterocycles. The van der Waals surface area contributed by atoms with Crippen LogP contribution in [0.2, 0.25) is 0 Å². The van der Waals surface area contributed by atoms with E-state index >= 15 is 0 Å². The van der Waals surface area contributed by atoms with Crippen molar-refractivity contribution >= 4 is 22.6 Å². The third kappa shape index (κ3) is 0.209. The molecule has 0 bridgehead atoms. The smallest absolute Gasteiger partial charge is 0.0288 e.